The van der Waals surface area contributed by atoms with Crippen LogP contribution in [0.1, 0.15) is 34.6 Å². The Hall–Kier alpha value is -0.0775. The fourth-order valence-corrected chi connectivity index (χ4v) is 0.848. The van der Waals surface area contributed by atoms with Gasteiger partial charge in [-0.05, 0) is 34.6 Å². The third-order valence-electron chi connectivity index (χ3n) is 1.27. The Morgan fingerprint density at radius 1 is 1.07 bits per heavy atom. The zero-order valence-corrected chi connectivity index (χ0v) is 9.57. The summed E-state index contributed by atoms with van der Waals surface area (Å²) in [6.07, 6.45) is -1.04. The minimum absolute atomic E-state index is 0. The molecule has 4 nitrogen and oxygen atoms in total. The molecule has 0 aromatic rings. The van der Waals surface area contributed by atoms with E-state index < -0.39 is 12.3 Å². The first-order chi connectivity index (χ1) is 6.47. The van der Waals surface area contributed by atoms with E-state index in [0.717, 1.165) is 0 Å². The third-order valence-corrected chi connectivity index (χ3v) is 1.27. The fraction of sp³-hybridized carbons (Fsp3) is 0.900. The molecule has 5 heteroatoms. The number of carbonyl (C=O) groups is 1. The lowest BCUT2D eigenvalue weighted by atomic mass is 10.4. The first-order valence-electron chi connectivity index (χ1n) is 4.94. The maximum Gasteiger partial charge on any atom is 0.363 e. The molecular weight excluding hydrogens is 211 g/mol. The molecule has 0 aliphatic rings. The molecule has 0 saturated carbocycles. The van der Waals surface area contributed by atoms with Gasteiger partial charge in [0.1, 0.15) is 0 Å². The van der Waals surface area contributed by atoms with Crippen LogP contribution in [0.3, 0.4) is 0 Å². The minimum atomic E-state index is -0.907. The van der Waals surface area contributed by atoms with Crippen molar-refractivity contribution < 1.29 is 19.0 Å². The molecule has 0 aromatic heterocycles. The molecule has 90 valence electrons. The van der Waals surface area contributed by atoms with Crippen LogP contribution in [0.2, 0.25) is 0 Å². The summed E-state index contributed by atoms with van der Waals surface area (Å²) < 4.78 is 15.4. The van der Waals surface area contributed by atoms with Gasteiger partial charge in [-0.1, -0.05) is 0 Å². The normalized spacial score (nSPS) is 10.7. The molecule has 0 rings (SSSR count). The van der Waals surface area contributed by atoms with Crippen LogP contribution in [0.25, 0.3) is 0 Å². The maximum atomic E-state index is 11.3. The van der Waals surface area contributed by atoms with E-state index in [0.29, 0.717) is 6.61 Å². The second kappa shape index (κ2) is 9.17. The summed E-state index contributed by atoms with van der Waals surface area (Å²) in [5.41, 5.74) is 0. The van der Waals surface area contributed by atoms with E-state index in [4.69, 9.17) is 14.2 Å². The van der Waals surface area contributed by atoms with Crippen LogP contribution in [-0.2, 0) is 19.0 Å². The zero-order chi connectivity index (χ0) is 11.1. The van der Waals surface area contributed by atoms with E-state index in [1.165, 1.54) is 0 Å². The molecule has 0 radical (unpaired) electrons. The Kier molecular flexibility index (Phi) is 10.6. The molecule has 0 N–H and O–H groups in total. The van der Waals surface area contributed by atoms with Gasteiger partial charge >= 0.3 is 5.97 Å². The van der Waals surface area contributed by atoms with E-state index in [-0.39, 0.29) is 29.6 Å². The largest absolute Gasteiger partial charge is 0.462 e. The van der Waals surface area contributed by atoms with Gasteiger partial charge in [-0.15, -0.1) is 0 Å². The van der Waals surface area contributed by atoms with Crippen LogP contribution >= 0.6 is 0 Å². The van der Waals surface area contributed by atoms with Gasteiger partial charge in [0.05, 0.1) is 18.8 Å². The summed E-state index contributed by atoms with van der Waals surface area (Å²) in [6.45, 7) is 9.45. The second-order valence-electron chi connectivity index (χ2n) is 3.45. The van der Waals surface area contributed by atoms with E-state index in [9.17, 15) is 4.79 Å². The topological polar surface area (TPSA) is 44.8 Å². The van der Waals surface area contributed by atoms with Gasteiger partial charge in [0, 0.05) is 0 Å². The summed E-state index contributed by atoms with van der Waals surface area (Å²) in [6, 6.07) is 0. The molecule has 0 aliphatic carbocycles. The van der Waals surface area contributed by atoms with Crippen molar-refractivity contribution in [3.63, 3.8) is 0 Å². The quantitative estimate of drug-likeness (QED) is 0.382. The molecule has 0 heterocycles. The molecule has 0 bridgehead atoms. The van der Waals surface area contributed by atoms with Crippen molar-refractivity contribution in [3.8, 4) is 0 Å². The number of carbonyl (C=O) groups excluding carboxylic acids is 1. The number of esters is 1. The van der Waals surface area contributed by atoms with Crippen molar-refractivity contribution in [2.75, 3.05) is 6.61 Å². The molecule has 0 atom stereocenters. The van der Waals surface area contributed by atoms with Crippen LogP contribution in [0.15, 0.2) is 0 Å². The Bertz CT molecular complexity index is 161. The molecule has 0 unspecified atom stereocenters. The Morgan fingerprint density at radius 3 is 1.73 bits per heavy atom. The molecule has 0 fully saturated rings. The summed E-state index contributed by atoms with van der Waals surface area (Å²) in [5, 5.41) is 0. The Balaban J connectivity index is 0. The SMILES string of the molecule is CCOC(=O)C(OC(C)C)OC(C)C.[AlH3]. The summed E-state index contributed by atoms with van der Waals surface area (Å²) in [7, 11) is 0. The predicted octanol–water partition coefficient (Wildman–Crippen LogP) is 0.542. The standard InChI is InChI=1S/C10H20O4.Al.3H/c1-6-12-9(11)10(13-7(2)3)14-8(4)5;;;;/h7-8,10H,6H2,1-5H3;;;;. The summed E-state index contributed by atoms with van der Waals surface area (Å²) >= 11 is 0. The monoisotopic (exact) mass is 234 g/mol. The Labute approximate surface area is 102 Å². The van der Waals surface area contributed by atoms with Gasteiger partial charge in [-0.3, -0.25) is 0 Å². The highest BCUT2D eigenvalue weighted by Gasteiger charge is 2.23. The average molecular weight is 234 g/mol. The first-order valence-corrected chi connectivity index (χ1v) is 4.94. The molecule has 0 amide bonds. The summed E-state index contributed by atoms with van der Waals surface area (Å²) in [4.78, 5) is 11.3. The van der Waals surface area contributed by atoms with Crippen molar-refractivity contribution in [1.82, 2.24) is 0 Å². The lowest BCUT2D eigenvalue weighted by Gasteiger charge is -2.20. The van der Waals surface area contributed by atoms with Crippen molar-refractivity contribution in [1.29, 1.82) is 0 Å². The van der Waals surface area contributed by atoms with Gasteiger partial charge in [0.2, 0.25) is 0 Å². The van der Waals surface area contributed by atoms with Gasteiger partial charge in [-0.2, -0.15) is 0 Å². The molecule has 15 heavy (non-hydrogen) atoms. The zero-order valence-electron chi connectivity index (χ0n) is 9.57. The van der Waals surface area contributed by atoms with Crippen LogP contribution in [0.5, 0.6) is 0 Å². The van der Waals surface area contributed by atoms with E-state index in [1.807, 2.05) is 27.7 Å². The average Bonchev–Trinajstić information content (AvgIpc) is 2.01. The second-order valence-corrected chi connectivity index (χ2v) is 3.45. The lowest BCUT2D eigenvalue weighted by Crippen LogP contribution is -2.33. The van der Waals surface area contributed by atoms with Crippen LogP contribution < -0.4 is 0 Å². The third kappa shape index (κ3) is 8.89. The summed E-state index contributed by atoms with van der Waals surface area (Å²) in [5.74, 6) is -0.463. The number of hydrogen-bond donors (Lipinski definition) is 0. The molecule has 0 aliphatic heterocycles. The lowest BCUT2D eigenvalue weighted by molar-refractivity contribution is -0.211. The fourth-order valence-electron chi connectivity index (χ4n) is 0.848. The van der Waals surface area contributed by atoms with Gasteiger partial charge < -0.3 is 14.2 Å². The predicted molar refractivity (Wildman–Crippen MR) is 62.8 cm³/mol. The van der Waals surface area contributed by atoms with Gasteiger partial charge in [0.25, 0.3) is 6.29 Å². The van der Waals surface area contributed by atoms with Crippen LogP contribution in [-0.4, -0.2) is 48.4 Å². The molecular formula is C10H23AlO4. The smallest absolute Gasteiger partial charge is 0.363 e. The van der Waals surface area contributed by atoms with Gasteiger partial charge in [0.15, 0.2) is 17.4 Å². The van der Waals surface area contributed by atoms with Crippen molar-refractivity contribution in [2.24, 2.45) is 0 Å². The molecule has 0 saturated heterocycles. The van der Waals surface area contributed by atoms with Crippen LogP contribution in [0.4, 0.5) is 0 Å². The van der Waals surface area contributed by atoms with Gasteiger partial charge in [-0.25, -0.2) is 4.79 Å². The minimum Gasteiger partial charge on any atom is -0.462 e. The molecule has 0 aromatic carbocycles. The number of hydrogen-bond acceptors (Lipinski definition) is 4. The van der Waals surface area contributed by atoms with E-state index >= 15 is 0 Å². The number of ether oxygens (including phenoxy) is 3. The van der Waals surface area contributed by atoms with E-state index in [1.54, 1.807) is 6.92 Å². The number of rotatable bonds is 6. The molecule has 0 spiro atoms. The first kappa shape index (κ1) is 17.3. The maximum absolute atomic E-state index is 11.3. The Morgan fingerprint density at radius 2 is 1.47 bits per heavy atom. The highest BCUT2D eigenvalue weighted by atomic mass is 27.0. The highest BCUT2D eigenvalue weighted by Crippen LogP contribution is 2.05. The van der Waals surface area contributed by atoms with Crippen LogP contribution in [0, 0.1) is 0 Å². The van der Waals surface area contributed by atoms with E-state index in [2.05, 4.69) is 0 Å². The van der Waals surface area contributed by atoms with Crippen molar-refractivity contribution >= 4 is 23.3 Å². The highest BCUT2D eigenvalue weighted by molar-refractivity contribution is 5.75. The van der Waals surface area contributed by atoms with Crippen molar-refractivity contribution in [3.05, 3.63) is 0 Å². The van der Waals surface area contributed by atoms with Crippen molar-refractivity contribution in [2.45, 2.75) is 53.1 Å².